The van der Waals surface area contributed by atoms with E-state index < -0.39 is 6.10 Å². The summed E-state index contributed by atoms with van der Waals surface area (Å²) in [5.41, 5.74) is 9.54. The molecule has 0 aliphatic heterocycles. The molecule has 0 amide bonds. The second kappa shape index (κ2) is 6.70. The van der Waals surface area contributed by atoms with Gasteiger partial charge in [0.25, 0.3) is 0 Å². The first-order chi connectivity index (χ1) is 9.97. The Morgan fingerprint density at radius 1 is 1.14 bits per heavy atom. The van der Waals surface area contributed by atoms with Gasteiger partial charge < -0.3 is 15.7 Å². The maximum atomic E-state index is 10.3. The van der Waals surface area contributed by atoms with Gasteiger partial charge in [-0.15, -0.1) is 0 Å². The smallest absolute Gasteiger partial charge is 0.103 e. The molecular formula is C17H20N2OS. The third-order valence-electron chi connectivity index (χ3n) is 3.50. The van der Waals surface area contributed by atoms with Crippen LogP contribution in [-0.4, -0.2) is 23.7 Å². The predicted molar refractivity (Wildman–Crippen MR) is 91.7 cm³/mol. The predicted octanol–water partition coefficient (Wildman–Crippen LogP) is 2.80. The minimum atomic E-state index is -0.559. The Bertz CT molecular complexity index is 608. The zero-order chi connectivity index (χ0) is 15.4. The number of nitrogens with two attached hydrogens (primary N) is 1. The lowest BCUT2D eigenvalue weighted by molar-refractivity contribution is 0.185. The van der Waals surface area contributed by atoms with E-state index in [-0.39, 0.29) is 0 Å². The molecule has 0 saturated carbocycles. The number of hydrogen-bond donors (Lipinski definition) is 2. The Morgan fingerprint density at radius 3 is 2.24 bits per heavy atom. The number of aliphatic hydroxyl groups excluding tert-OH is 1. The van der Waals surface area contributed by atoms with Crippen molar-refractivity contribution in [2.75, 3.05) is 18.5 Å². The molecule has 0 bridgehead atoms. The lowest BCUT2D eigenvalue weighted by atomic mass is 10.1. The van der Waals surface area contributed by atoms with Crippen LogP contribution in [-0.2, 0) is 0 Å². The van der Waals surface area contributed by atoms with Crippen LogP contribution in [0.5, 0.6) is 0 Å². The second-order valence-corrected chi connectivity index (χ2v) is 5.66. The van der Waals surface area contributed by atoms with Crippen molar-refractivity contribution in [3.05, 3.63) is 65.2 Å². The molecular weight excluding hydrogens is 280 g/mol. The SMILES string of the molecule is Cc1ccc(N(C)CC(O)c2ccc(C(N)=S)cc2)cc1. The van der Waals surface area contributed by atoms with Gasteiger partial charge in [-0.2, -0.15) is 0 Å². The number of benzene rings is 2. The number of rotatable bonds is 5. The van der Waals surface area contributed by atoms with E-state index in [0.29, 0.717) is 11.5 Å². The monoisotopic (exact) mass is 300 g/mol. The summed E-state index contributed by atoms with van der Waals surface area (Å²) in [4.78, 5) is 2.40. The zero-order valence-corrected chi connectivity index (χ0v) is 13.1. The van der Waals surface area contributed by atoms with Gasteiger partial charge in [-0.25, -0.2) is 0 Å². The molecule has 0 spiro atoms. The van der Waals surface area contributed by atoms with Crippen LogP contribution in [0.2, 0.25) is 0 Å². The number of nitrogens with zero attached hydrogens (tertiary/aromatic N) is 1. The van der Waals surface area contributed by atoms with E-state index in [1.807, 2.05) is 36.2 Å². The summed E-state index contributed by atoms with van der Waals surface area (Å²) in [6.07, 6.45) is -0.559. The molecule has 0 heterocycles. The first-order valence-corrected chi connectivity index (χ1v) is 7.24. The molecule has 0 aliphatic carbocycles. The Labute approximate surface area is 131 Å². The molecule has 2 aromatic carbocycles. The van der Waals surface area contributed by atoms with E-state index >= 15 is 0 Å². The number of aliphatic hydroxyl groups is 1. The summed E-state index contributed by atoms with van der Waals surface area (Å²) in [5.74, 6) is 0. The standard InChI is InChI=1S/C17H20N2OS/c1-12-3-9-15(10-4-12)19(2)11-16(20)13-5-7-14(8-6-13)17(18)21/h3-10,16,20H,11H2,1-2H3,(H2,18,21). The molecule has 110 valence electrons. The molecule has 4 heteroatoms. The average molecular weight is 300 g/mol. The fraction of sp³-hybridized carbons (Fsp3) is 0.235. The summed E-state index contributed by atoms with van der Waals surface area (Å²) in [6, 6.07) is 15.6. The van der Waals surface area contributed by atoms with E-state index in [1.165, 1.54) is 5.56 Å². The van der Waals surface area contributed by atoms with E-state index in [0.717, 1.165) is 16.8 Å². The van der Waals surface area contributed by atoms with Crippen LogP contribution in [0.25, 0.3) is 0 Å². The zero-order valence-electron chi connectivity index (χ0n) is 12.3. The topological polar surface area (TPSA) is 49.5 Å². The molecule has 0 aromatic heterocycles. The van der Waals surface area contributed by atoms with Gasteiger partial charge in [-0.05, 0) is 24.6 Å². The number of thiocarbonyl (C=S) groups is 1. The van der Waals surface area contributed by atoms with E-state index in [2.05, 4.69) is 31.2 Å². The van der Waals surface area contributed by atoms with Crippen molar-refractivity contribution in [3.63, 3.8) is 0 Å². The van der Waals surface area contributed by atoms with Crippen LogP contribution in [0, 0.1) is 6.92 Å². The van der Waals surface area contributed by atoms with Gasteiger partial charge in [0.15, 0.2) is 0 Å². The van der Waals surface area contributed by atoms with Gasteiger partial charge in [0.2, 0.25) is 0 Å². The van der Waals surface area contributed by atoms with Gasteiger partial charge in [-0.3, -0.25) is 0 Å². The fourth-order valence-corrected chi connectivity index (χ4v) is 2.28. The Balaban J connectivity index is 2.04. The highest BCUT2D eigenvalue weighted by Gasteiger charge is 2.11. The molecule has 0 saturated heterocycles. The highest BCUT2D eigenvalue weighted by molar-refractivity contribution is 7.80. The molecule has 2 aromatic rings. The molecule has 0 fully saturated rings. The normalized spacial score (nSPS) is 12.0. The first-order valence-electron chi connectivity index (χ1n) is 6.83. The lowest BCUT2D eigenvalue weighted by Gasteiger charge is -2.23. The van der Waals surface area contributed by atoms with Crippen molar-refractivity contribution in [3.8, 4) is 0 Å². The molecule has 21 heavy (non-hydrogen) atoms. The minimum absolute atomic E-state index is 0.368. The van der Waals surface area contributed by atoms with Gasteiger partial charge >= 0.3 is 0 Å². The molecule has 0 radical (unpaired) electrons. The van der Waals surface area contributed by atoms with Crippen LogP contribution in [0.4, 0.5) is 5.69 Å². The lowest BCUT2D eigenvalue weighted by Crippen LogP contribution is -2.24. The van der Waals surface area contributed by atoms with Gasteiger partial charge in [0.1, 0.15) is 4.99 Å². The van der Waals surface area contributed by atoms with Crippen molar-refractivity contribution >= 4 is 22.9 Å². The van der Waals surface area contributed by atoms with Crippen molar-refractivity contribution in [2.24, 2.45) is 5.73 Å². The maximum absolute atomic E-state index is 10.3. The Hall–Kier alpha value is -1.91. The third kappa shape index (κ3) is 4.03. The Kier molecular flexibility index (Phi) is 4.94. The van der Waals surface area contributed by atoms with Gasteiger partial charge in [0, 0.05) is 24.8 Å². The van der Waals surface area contributed by atoms with Crippen LogP contribution >= 0.6 is 12.2 Å². The molecule has 0 aliphatic rings. The van der Waals surface area contributed by atoms with Gasteiger partial charge in [0.05, 0.1) is 6.10 Å². The van der Waals surface area contributed by atoms with Crippen LogP contribution in [0.1, 0.15) is 22.8 Å². The fourth-order valence-electron chi connectivity index (χ4n) is 2.14. The van der Waals surface area contributed by atoms with Crippen LogP contribution < -0.4 is 10.6 Å². The van der Waals surface area contributed by atoms with Crippen LogP contribution in [0.15, 0.2) is 48.5 Å². The Morgan fingerprint density at radius 2 is 1.71 bits per heavy atom. The average Bonchev–Trinajstić information content (AvgIpc) is 2.47. The summed E-state index contributed by atoms with van der Waals surface area (Å²) in [6.45, 7) is 2.58. The van der Waals surface area contributed by atoms with Crippen LogP contribution in [0.3, 0.4) is 0 Å². The number of likely N-dealkylation sites (N-methyl/N-ethyl adjacent to an activating group) is 1. The molecule has 1 atom stereocenters. The summed E-state index contributed by atoms with van der Waals surface area (Å²) < 4.78 is 0. The second-order valence-electron chi connectivity index (χ2n) is 5.22. The maximum Gasteiger partial charge on any atom is 0.103 e. The first kappa shape index (κ1) is 15.5. The molecule has 1 unspecified atom stereocenters. The summed E-state index contributed by atoms with van der Waals surface area (Å²) >= 11 is 4.92. The number of aryl methyl sites for hydroxylation is 1. The molecule has 3 N–H and O–H groups in total. The van der Waals surface area contributed by atoms with E-state index in [4.69, 9.17) is 18.0 Å². The van der Waals surface area contributed by atoms with E-state index in [1.54, 1.807) is 0 Å². The summed E-state index contributed by atoms with van der Waals surface area (Å²) in [5, 5.41) is 10.3. The van der Waals surface area contributed by atoms with Gasteiger partial charge in [-0.1, -0.05) is 54.2 Å². The van der Waals surface area contributed by atoms with Crippen molar-refractivity contribution in [1.29, 1.82) is 0 Å². The number of hydrogen-bond acceptors (Lipinski definition) is 3. The molecule has 2 rings (SSSR count). The number of anilines is 1. The largest absolute Gasteiger partial charge is 0.389 e. The van der Waals surface area contributed by atoms with Crippen molar-refractivity contribution < 1.29 is 5.11 Å². The highest BCUT2D eigenvalue weighted by Crippen LogP contribution is 2.19. The quantitative estimate of drug-likeness (QED) is 0.834. The minimum Gasteiger partial charge on any atom is -0.389 e. The third-order valence-corrected chi connectivity index (χ3v) is 3.74. The molecule has 3 nitrogen and oxygen atoms in total. The summed E-state index contributed by atoms with van der Waals surface area (Å²) in [7, 11) is 1.97. The highest BCUT2D eigenvalue weighted by atomic mass is 32.1. The van der Waals surface area contributed by atoms with Crippen molar-refractivity contribution in [2.45, 2.75) is 13.0 Å². The van der Waals surface area contributed by atoms with E-state index in [9.17, 15) is 5.11 Å². The van der Waals surface area contributed by atoms with Crippen molar-refractivity contribution in [1.82, 2.24) is 0 Å².